The first-order valence-corrected chi connectivity index (χ1v) is 6.88. The molecule has 0 spiro atoms. The highest BCUT2D eigenvalue weighted by atomic mass is 16.4. The minimum absolute atomic E-state index is 0.0967. The molecule has 2 rings (SSSR count). The van der Waals surface area contributed by atoms with E-state index in [1.165, 1.54) is 4.90 Å². The lowest BCUT2D eigenvalue weighted by Gasteiger charge is -2.26. The zero-order valence-electron chi connectivity index (χ0n) is 11.4. The van der Waals surface area contributed by atoms with Crippen LogP contribution in [0.3, 0.4) is 0 Å². The van der Waals surface area contributed by atoms with Crippen molar-refractivity contribution in [3.63, 3.8) is 0 Å². The van der Waals surface area contributed by atoms with Crippen molar-refractivity contribution >= 4 is 12.0 Å². The van der Waals surface area contributed by atoms with Gasteiger partial charge in [0.2, 0.25) is 0 Å². The van der Waals surface area contributed by atoms with Gasteiger partial charge in [0.1, 0.15) is 6.04 Å². The van der Waals surface area contributed by atoms with Crippen molar-refractivity contribution in [2.45, 2.75) is 51.3 Å². The summed E-state index contributed by atoms with van der Waals surface area (Å²) < 4.78 is 0. The van der Waals surface area contributed by atoms with Crippen molar-refractivity contribution in [1.29, 1.82) is 0 Å². The number of nitrogens with one attached hydrogen (secondary N) is 1. The Bertz CT molecular complexity index is 374. The molecule has 1 saturated heterocycles. The van der Waals surface area contributed by atoms with E-state index in [4.69, 9.17) is 5.11 Å². The van der Waals surface area contributed by atoms with E-state index in [-0.39, 0.29) is 25.0 Å². The number of amides is 2. The fraction of sp³-hybridized carbons (Fsp3) is 0.846. The number of carbonyl (C=O) groups is 2. The van der Waals surface area contributed by atoms with Crippen LogP contribution >= 0.6 is 0 Å². The Hall–Kier alpha value is -1.30. The quantitative estimate of drug-likeness (QED) is 0.687. The Morgan fingerprint density at radius 1 is 1.26 bits per heavy atom. The molecule has 108 valence electrons. The van der Waals surface area contributed by atoms with Crippen LogP contribution in [0.2, 0.25) is 0 Å². The number of hydrogen-bond donors (Lipinski definition) is 3. The molecule has 1 saturated carbocycles. The van der Waals surface area contributed by atoms with Crippen LogP contribution in [-0.4, -0.2) is 51.8 Å². The predicted octanol–water partition coefficient (Wildman–Crippen LogP) is 0.650. The van der Waals surface area contributed by atoms with Crippen LogP contribution in [-0.2, 0) is 4.79 Å². The van der Waals surface area contributed by atoms with Gasteiger partial charge in [0.25, 0.3) is 0 Å². The molecule has 0 aromatic rings. The summed E-state index contributed by atoms with van der Waals surface area (Å²) in [7, 11) is 0. The van der Waals surface area contributed by atoms with Crippen molar-refractivity contribution in [3.05, 3.63) is 0 Å². The van der Waals surface area contributed by atoms with E-state index in [0.29, 0.717) is 11.8 Å². The van der Waals surface area contributed by atoms with E-state index in [1.54, 1.807) is 0 Å². The van der Waals surface area contributed by atoms with Crippen LogP contribution < -0.4 is 5.32 Å². The summed E-state index contributed by atoms with van der Waals surface area (Å²) in [5.41, 5.74) is 0. The van der Waals surface area contributed by atoms with Gasteiger partial charge in [-0.05, 0) is 24.7 Å². The molecule has 0 radical (unpaired) electrons. The number of carbonyl (C=O) groups excluding carboxylic acids is 1. The normalized spacial score (nSPS) is 38.5. The molecule has 6 heteroatoms. The standard InChI is InChI=1S/C13H22N2O4/c1-7-3-4-10(8(7)2)14-13(19)15-6-9(16)5-11(15)12(17)18/h7-11,16H,3-6H2,1-2H3,(H,14,19)(H,17,18)/t7?,8?,9-,10?,11-/m1/s1. The Morgan fingerprint density at radius 3 is 2.47 bits per heavy atom. The van der Waals surface area contributed by atoms with Gasteiger partial charge in [0.05, 0.1) is 6.10 Å². The van der Waals surface area contributed by atoms with E-state index < -0.39 is 18.1 Å². The molecular formula is C13H22N2O4. The van der Waals surface area contributed by atoms with Gasteiger partial charge in [-0.2, -0.15) is 0 Å². The SMILES string of the molecule is CC1CCC(NC(=O)N2C[C@H](O)C[C@@H]2C(=O)O)C1C. The van der Waals surface area contributed by atoms with Crippen LogP contribution in [0.4, 0.5) is 4.79 Å². The molecule has 3 unspecified atom stereocenters. The lowest BCUT2D eigenvalue weighted by molar-refractivity contribution is -0.141. The molecule has 1 aliphatic heterocycles. The molecule has 19 heavy (non-hydrogen) atoms. The zero-order valence-corrected chi connectivity index (χ0v) is 11.4. The van der Waals surface area contributed by atoms with Gasteiger partial charge < -0.3 is 20.4 Å². The summed E-state index contributed by atoms with van der Waals surface area (Å²) in [6.45, 7) is 4.37. The van der Waals surface area contributed by atoms with Crippen LogP contribution in [0.25, 0.3) is 0 Å². The molecule has 1 heterocycles. The second-order valence-electron chi connectivity index (χ2n) is 5.87. The number of carboxylic acid groups (broad SMARTS) is 1. The molecule has 3 N–H and O–H groups in total. The van der Waals surface area contributed by atoms with Gasteiger partial charge in [0.15, 0.2) is 0 Å². The molecule has 6 nitrogen and oxygen atoms in total. The highest BCUT2D eigenvalue weighted by Gasteiger charge is 2.40. The Labute approximate surface area is 112 Å². The molecule has 0 aromatic carbocycles. The minimum atomic E-state index is -1.06. The van der Waals surface area contributed by atoms with Crippen molar-refractivity contribution in [1.82, 2.24) is 10.2 Å². The molecule has 2 aliphatic rings. The third-order valence-corrected chi connectivity index (χ3v) is 4.60. The molecule has 2 amide bonds. The predicted molar refractivity (Wildman–Crippen MR) is 68.6 cm³/mol. The summed E-state index contributed by atoms with van der Waals surface area (Å²) in [5.74, 6) is -0.0796. The molecule has 0 aromatic heterocycles. The Kier molecular flexibility index (Phi) is 3.99. The molecule has 5 atom stereocenters. The fourth-order valence-electron chi connectivity index (χ4n) is 3.08. The summed E-state index contributed by atoms with van der Waals surface area (Å²) in [5, 5.41) is 21.5. The number of nitrogens with zero attached hydrogens (tertiary/aromatic N) is 1. The van der Waals surface area contributed by atoms with Gasteiger partial charge in [-0.1, -0.05) is 13.8 Å². The summed E-state index contributed by atoms with van der Waals surface area (Å²) in [6.07, 6.45) is 1.38. The maximum atomic E-state index is 12.2. The molecule has 2 fully saturated rings. The first-order chi connectivity index (χ1) is 8.90. The number of aliphatic hydroxyl groups excluding tert-OH is 1. The van der Waals surface area contributed by atoms with Gasteiger partial charge in [-0.3, -0.25) is 0 Å². The monoisotopic (exact) mass is 270 g/mol. The highest BCUT2D eigenvalue weighted by Crippen LogP contribution is 2.31. The van der Waals surface area contributed by atoms with Crippen LogP contribution in [0.15, 0.2) is 0 Å². The summed E-state index contributed by atoms with van der Waals surface area (Å²) >= 11 is 0. The van der Waals surface area contributed by atoms with E-state index >= 15 is 0 Å². The number of likely N-dealkylation sites (tertiary alicyclic amines) is 1. The topological polar surface area (TPSA) is 89.9 Å². The maximum absolute atomic E-state index is 12.2. The van der Waals surface area contributed by atoms with Crippen LogP contribution in [0.5, 0.6) is 0 Å². The van der Waals surface area contributed by atoms with E-state index in [0.717, 1.165) is 12.8 Å². The number of carboxylic acids is 1. The number of urea groups is 1. The first kappa shape index (κ1) is 14.1. The first-order valence-electron chi connectivity index (χ1n) is 6.88. The minimum Gasteiger partial charge on any atom is -0.480 e. The second-order valence-corrected chi connectivity index (χ2v) is 5.87. The lowest BCUT2D eigenvalue weighted by Crippen LogP contribution is -2.50. The average molecular weight is 270 g/mol. The average Bonchev–Trinajstić information content (AvgIpc) is 2.87. The lowest BCUT2D eigenvalue weighted by atomic mass is 9.98. The van der Waals surface area contributed by atoms with Crippen molar-refractivity contribution in [2.75, 3.05) is 6.54 Å². The fourth-order valence-corrected chi connectivity index (χ4v) is 3.08. The van der Waals surface area contributed by atoms with Crippen molar-refractivity contribution in [3.8, 4) is 0 Å². The Morgan fingerprint density at radius 2 is 1.95 bits per heavy atom. The van der Waals surface area contributed by atoms with Gasteiger partial charge >= 0.3 is 12.0 Å². The zero-order chi connectivity index (χ0) is 14.2. The number of β-amino-alcohol motifs (C(OH)–C–C–N with tert-alkyl or cyclic N) is 1. The second kappa shape index (κ2) is 5.36. The van der Waals surface area contributed by atoms with Gasteiger partial charge in [-0.25, -0.2) is 9.59 Å². The van der Waals surface area contributed by atoms with Crippen LogP contribution in [0.1, 0.15) is 33.1 Å². The number of rotatable bonds is 2. The maximum Gasteiger partial charge on any atom is 0.326 e. The van der Waals surface area contributed by atoms with Crippen molar-refractivity contribution in [2.24, 2.45) is 11.8 Å². The van der Waals surface area contributed by atoms with E-state index in [1.807, 2.05) is 0 Å². The van der Waals surface area contributed by atoms with E-state index in [9.17, 15) is 14.7 Å². The number of aliphatic carboxylic acids is 1. The largest absolute Gasteiger partial charge is 0.480 e. The smallest absolute Gasteiger partial charge is 0.326 e. The van der Waals surface area contributed by atoms with Crippen molar-refractivity contribution < 1.29 is 19.8 Å². The molecule has 0 bridgehead atoms. The summed E-state index contributed by atoms with van der Waals surface area (Å²) in [6, 6.07) is -1.17. The third-order valence-electron chi connectivity index (χ3n) is 4.60. The number of aliphatic hydroxyl groups is 1. The summed E-state index contributed by atoms with van der Waals surface area (Å²) in [4.78, 5) is 24.5. The Balaban J connectivity index is 1.97. The molecule has 1 aliphatic carbocycles. The van der Waals surface area contributed by atoms with Gasteiger partial charge in [0, 0.05) is 19.0 Å². The van der Waals surface area contributed by atoms with E-state index in [2.05, 4.69) is 19.2 Å². The molecular weight excluding hydrogens is 248 g/mol. The highest BCUT2D eigenvalue weighted by molar-refractivity contribution is 5.83. The number of hydrogen-bond acceptors (Lipinski definition) is 3. The van der Waals surface area contributed by atoms with Gasteiger partial charge in [-0.15, -0.1) is 0 Å². The van der Waals surface area contributed by atoms with Crippen LogP contribution in [0, 0.1) is 11.8 Å². The third kappa shape index (κ3) is 2.83.